The molecule has 0 N–H and O–H groups in total. The van der Waals surface area contributed by atoms with Gasteiger partial charge >= 0.3 is 0 Å². The maximum Gasteiger partial charge on any atom is 0.243 e. The van der Waals surface area contributed by atoms with E-state index < -0.39 is 10.0 Å². The highest BCUT2D eigenvalue weighted by atomic mass is 32.2. The predicted molar refractivity (Wildman–Crippen MR) is 100 cm³/mol. The van der Waals surface area contributed by atoms with Crippen molar-refractivity contribution in [2.24, 2.45) is 0 Å². The minimum absolute atomic E-state index is 0.0773. The van der Waals surface area contributed by atoms with Gasteiger partial charge in [0.15, 0.2) is 0 Å². The number of aromatic nitrogens is 2. The van der Waals surface area contributed by atoms with Crippen LogP contribution in [0.3, 0.4) is 0 Å². The van der Waals surface area contributed by atoms with Gasteiger partial charge in [0.1, 0.15) is 0 Å². The fraction of sp³-hybridized carbons (Fsp3) is 0.474. The van der Waals surface area contributed by atoms with Crippen molar-refractivity contribution in [3.05, 3.63) is 47.8 Å². The lowest BCUT2D eigenvalue weighted by Crippen LogP contribution is -2.43. The maximum atomic E-state index is 13.1. The molecule has 0 aliphatic carbocycles. The van der Waals surface area contributed by atoms with Crippen molar-refractivity contribution in [1.29, 1.82) is 0 Å². The van der Waals surface area contributed by atoms with Crippen molar-refractivity contribution in [3.63, 3.8) is 0 Å². The highest BCUT2D eigenvalue weighted by Gasteiger charge is 2.35. The van der Waals surface area contributed by atoms with Gasteiger partial charge < -0.3 is 4.90 Å². The summed E-state index contributed by atoms with van der Waals surface area (Å²) in [6.07, 6.45) is 4.02. The van der Waals surface area contributed by atoms with Crippen molar-refractivity contribution in [2.45, 2.75) is 43.7 Å². The number of aryl methyl sites for hydroxylation is 1. The zero-order valence-electron chi connectivity index (χ0n) is 15.4. The van der Waals surface area contributed by atoms with Crippen molar-refractivity contribution in [3.8, 4) is 0 Å². The van der Waals surface area contributed by atoms with E-state index in [1.807, 2.05) is 22.6 Å². The Bertz CT molecular complexity index is 930. The monoisotopic (exact) mass is 388 g/mol. The molecule has 2 aromatic rings. The minimum atomic E-state index is -3.62. The summed E-state index contributed by atoms with van der Waals surface area (Å²) < 4.78 is 29.5. The molecule has 2 aliphatic rings. The topological polar surface area (TPSA) is 75.5 Å². The molecule has 3 heterocycles. The van der Waals surface area contributed by atoms with Crippen LogP contribution in [-0.2, 0) is 21.4 Å². The van der Waals surface area contributed by atoms with Crippen LogP contribution in [0.4, 0.5) is 0 Å². The molecular weight excluding hydrogens is 364 g/mol. The van der Waals surface area contributed by atoms with Gasteiger partial charge in [0.2, 0.25) is 15.9 Å². The van der Waals surface area contributed by atoms with E-state index in [0.717, 1.165) is 37.2 Å². The Morgan fingerprint density at radius 2 is 1.85 bits per heavy atom. The third-order valence-electron chi connectivity index (χ3n) is 5.38. The van der Waals surface area contributed by atoms with E-state index in [4.69, 9.17) is 0 Å². The van der Waals surface area contributed by atoms with E-state index in [2.05, 4.69) is 5.10 Å². The molecule has 1 fully saturated rings. The van der Waals surface area contributed by atoms with Crippen LogP contribution in [0, 0.1) is 6.92 Å². The first kappa shape index (κ1) is 18.2. The van der Waals surface area contributed by atoms with Crippen molar-refractivity contribution < 1.29 is 13.2 Å². The Kier molecular flexibility index (Phi) is 4.77. The van der Waals surface area contributed by atoms with Gasteiger partial charge in [-0.25, -0.2) is 8.42 Å². The van der Waals surface area contributed by atoms with Crippen LogP contribution < -0.4 is 0 Å². The van der Waals surface area contributed by atoms with E-state index in [-0.39, 0.29) is 36.4 Å². The predicted octanol–water partition coefficient (Wildman–Crippen LogP) is 1.95. The van der Waals surface area contributed by atoms with Gasteiger partial charge in [-0.15, -0.1) is 0 Å². The number of hydrogen-bond acceptors (Lipinski definition) is 4. The Hall–Kier alpha value is -2.19. The first-order valence-electron chi connectivity index (χ1n) is 9.32. The van der Waals surface area contributed by atoms with Crippen molar-refractivity contribution >= 4 is 15.9 Å². The molecule has 27 heavy (non-hydrogen) atoms. The summed E-state index contributed by atoms with van der Waals surface area (Å²) in [5, 5.41) is 4.34. The zero-order chi connectivity index (χ0) is 19.0. The molecule has 0 radical (unpaired) electrons. The molecule has 4 rings (SSSR count). The van der Waals surface area contributed by atoms with Gasteiger partial charge in [-0.3, -0.25) is 9.48 Å². The third kappa shape index (κ3) is 3.51. The number of sulfonamides is 1. The molecule has 1 unspecified atom stereocenters. The molecule has 1 atom stereocenters. The van der Waals surface area contributed by atoms with Crippen molar-refractivity contribution in [1.82, 2.24) is 19.0 Å². The first-order valence-corrected chi connectivity index (χ1v) is 10.8. The van der Waals surface area contributed by atoms with Crippen LogP contribution in [-0.4, -0.2) is 52.9 Å². The van der Waals surface area contributed by atoms with Crippen LogP contribution in [0.2, 0.25) is 0 Å². The summed E-state index contributed by atoms with van der Waals surface area (Å²) in [5.41, 5.74) is 1.83. The average Bonchev–Trinajstić information content (AvgIpc) is 3.34. The molecule has 2 aliphatic heterocycles. The molecule has 0 saturated carbocycles. The van der Waals surface area contributed by atoms with Crippen LogP contribution in [0.15, 0.2) is 41.4 Å². The fourth-order valence-corrected chi connectivity index (χ4v) is 5.29. The second-order valence-electron chi connectivity index (χ2n) is 7.32. The lowest BCUT2D eigenvalue weighted by molar-refractivity contribution is -0.131. The average molecular weight is 388 g/mol. The van der Waals surface area contributed by atoms with E-state index in [1.165, 1.54) is 4.31 Å². The van der Waals surface area contributed by atoms with Crippen LogP contribution in [0.1, 0.15) is 36.6 Å². The molecule has 7 nitrogen and oxygen atoms in total. The van der Waals surface area contributed by atoms with E-state index in [9.17, 15) is 13.2 Å². The van der Waals surface area contributed by atoms with Crippen molar-refractivity contribution in [2.75, 3.05) is 19.6 Å². The Balaban J connectivity index is 1.59. The van der Waals surface area contributed by atoms with Crippen LogP contribution in [0.25, 0.3) is 0 Å². The smallest absolute Gasteiger partial charge is 0.243 e. The number of fused-ring (bicyclic) bond motifs is 1. The van der Waals surface area contributed by atoms with Gasteiger partial charge in [0.25, 0.3) is 0 Å². The quantitative estimate of drug-likeness (QED) is 0.802. The molecular formula is C19H24N4O3S. The summed E-state index contributed by atoms with van der Waals surface area (Å²) in [5.74, 6) is 0.0773. The Morgan fingerprint density at radius 3 is 2.56 bits per heavy atom. The number of rotatable bonds is 4. The van der Waals surface area contributed by atoms with Crippen LogP contribution >= 0.6 is 0 Å². The summed E-state index contributed by atoms with van der Waals surface area (Å²) in [6.45, 7) is 4.04. The summed E-state index contributed by atoms with van der Waals surface area (Å²) in [6, 6.07) is 8.42. The van der Waals surface area contributed by atoms with Gasteiger partial charge in [-0.2, -0.15) is 9.40 Å². The Labute approximate surface area is 159 Å². The van der Waals surface area contributed by atoms with E-state index >= 15 is 0 Å². The molecule has 1 aromatic carbocycles. The van der Waals surface area contributed by atoms with Gasteiger partial charge in [0, 0.05) is 25.8 Å². The van der Waals surface area contributed by atoms with Gasteiger partial charge in [-0.05, 0) is 38.0 Å². The summed E-state index contributed by atoms with van der Waals surface area (Å²) in [7, 11) is -3.62. The highest BCUT2D eigenvalue weighted by Crippen LogP contribution is 2.29. The molecule has 0 spiro atoms. The maximum absolute atomic E-state index is 13.1. The summed E-state index contributed by atoms with van der Waals surface area (Å²) in [4.78, 5) is 14.8. The number of nitrogens with zero attached hydrogens (tertiary/aromatic N) is 4. The van der Waals surface area contributed by atoms with Crippen LogP contribution in [0.5, 0.6) is 0 Å². The second kappa shape index (κ2) is 7.09. The fourth-order valence-electron chi connectivity index (χ4n) is 3.84. The number of amides is 1. The molecule has 1 aromatic heterocycles. The van der Waals surface area contributed by atoms with E-state index in [0.29, 0.717) is 0 Å². The van der Waals surface area contributed by atoms with Gasteiger partial charge in [-0.1, -0.05) is 17.7 Å². The third-order valence-corrected chi connectivity index (χ3v) is 7.20. The Morgan fingerprint density at radius 1 is 1.15 bits per heavy atom. The second-order valence-corrected chi connectivity index (χ2v) is 9.26. The summed E-state index contributed by atoms with van der Waals surface area (Å²) >= 11 is 0. The van der Waals surface area contributed by atoms with E-state index in [1.54, 1.807) is 30.5 Å². The highest BCUT2D eigenvalue weighted by molar-refractivity contribution is 7.89. The normalized spacial score (nSPS) is 20.6. The SMILES string of the molecule is Cc1ccc(S(=O)(=O)N2Cc3ccnn3C(CC(=O)N3CCCC3)C2)cc1. The molecule has 144 valence electrons. The number of hydrogen-bond donors (Lipinski definition) is 0. The molecule has 8 heteroatoms. The lowest BCUT2D eigenvalue weighted by atomic mass is 10.1. The zero-order valence-corrected chi connectivity index (χ0v) is 16.2. The van der Waals surface area contributed by atoms with Gasteiger partial charge in [0.05, 0.1) is 29.6 Å². The molecule has 1 amide bonds. The standard InChI is InChI=1S/C19H24N4O3S/c1-15-4-6-18(7-5-15)27(25,26)22-13-16-8-9-20-23(16)17(14-22)12-19(24)21-10-2-3-11-21/h4-9,17H,2-3,10-14H2,1H3. The number of benzene rings is 1. The largest absolute Gasteiger partial charge is 0.343 e. The lowest BCUT2D eigenvalue weighted by Gasteiger charge is -2.33. The molecule has 1 saturated heterocycles. The molecule has 0 bridgehead atoms. The number of likely N-dealkylation sites (tertiary alicyclic amines) is 1. The minimum Gasteiger partial charge on any atom is -0.343 e. The first-order chi connectivity index (χ1) is 12.9. The number of carbonyl (C=O) groups excluding carboxylic acids is 1. The number of carbonyl (C=O) groups is 1.